The van der Waals surface area contributed by atoms with Crippen LogP contribution in [0, 0.1) is 0 Å². The van der Waals surface area contributed by atoms with Crippen LogP contribution >= 0.6 is 0 Å². The molecule has 0 fully saturated rings. The topological polar surface area (TPSA) is 59.9 Å². The van der Waals surface area contributed by atoms with Crippen LogP contribution in [0.2, 0.25) is 0 Å². The predicted molar refractivity (Wildman–Crippen MR) is 94.6 cm³/mol. The van der Waals surface area contributed by atoms with Crippen LogP contribution in [-0.4, -0.2) is 25.3 Å². The van der Waals surface area contributed by atoms with Gasteiger partial charge in [-0.05, 0) is 48.7 Å². The van der Waals surface area contributed by atoms with Crippen molar-refractivity contribution in [2.45, 2.75) is 26.4 Å². The van der Waals surface area contributed by atoms with E-state index in [1.807, 2.05) is 48.5 Å². The van der Waals surface area contributed by atoms with Crippen molar-refractivity contribution >= 4 is 12.1 Å². The Morgan fingerprint density at radius 1 is 1.21 bits per heavy atom. The number of hydrazone groups is 1. The van der Waals surface area contributed by atoms with E-state index >= 15 is 0 Å². The number of nitrogens with zero attached hydrogens (tertiary/aromatic N) is 1. The molecule has 0 aliphatic rings. The van der Waals surface area contributed by atoms with E-state index < -0.39 is 6.10 Å². The SMILES string of the molecule is CCc1ccc(OC(C)C(=O)NN=Cc2cccc(OC)c2)cc1. The summed E-state index contributed by atoms with van der Waals surface area (Å²) in [7, 11) is 1.60. The Hall–Kier alpha value is -2.82. The molecule has 2 aromatic rings. The fourth-order valence-electron chi connectivity index (χ4n) is 2.04. The summed E-state index contributed by atoms with van der Waals surface area (Å²) < 4.78 is 10.7. The lowest BCUT2D eigenvalue weighted by atomic mass is 10.2. The lowest BCUT2D eigenvalue weighted by Crippen LogP contribution is -2.33. The van der Waals surface area contributed by atoms with Crippen LogP contribution in [0.3, 0.4) is 0 Å². The van der Waals surface area contributed by atoms with Gasteiger partial charge in [0.05, 0.1) is 13.3 Å². The van der Waals surface area contributed by atoms with Crippen LogP contribution in [0.4, 0.5) is 0 Å². The van der Waals surface area contributed by atoms with Crippen LogP contribution in [0.15, 0.2) is 53.6 Å². The molecule has 0 aliphatic carbocycles. The number of benzene rings is 2. The molecule has 24 heavy (non-hydrogen) atoms. The Balaban J connectivity index is 1.87. The number of aryl methyl sites for hydroxylation is 1. The van der Waals surface area contributed by atoms with Crippen LogP contribution < -0.4 is 14.9 Å². The maximum absolute atomic E-state index is 12.0. The quantitative estimate of drug-likeness (QED) is 0.628. The molecule has 1 N–H and O–H groups in total. The van der Waals surface area contributed by atoms with E-state index in [1.54, 1.807) is 20.2 Å². The molecule has 1 amide bonds. The first-order valence-electron chi connectivity index (χ1n) is 7.85. The third-order valence-electron chi connectivity index (χ3n) is 3.50. The third-order valence-corrected chi connectivity index (χ3v) is 3.50. The molecule has 0 saturated carbocycles. The highest BCUT2D eigenvalue weighted by molar-refractivity contribution is 5.84. The van der Waals surface area contributed by atoms with Gasteiger partial charge in [0, 0.05) is 0 Å². The minimum absolute atomic E-state index is 0.311. The molecule has 0 aliphatic heterocycles. The molecule has 5 nitrogen and oxygen atoms in total. The zero-order valence-corrected chi connectivity index (χ0v) is 14.2. The smallest absolute Gasteiger partial charge is 0.280 e. The number of amides is 1. The minimum Gasteiger partial charge on any atom is -0.497 e. The Morgan fingerprint density at radius 2 is 1.96 bits per heavy atom. The van der Waals surface area contributed by atoms with Crippen molar-refractivity contribution in [2.75, 3.05) is 7.11 Å². The zero-order valence-electron chi connectivity index (χ0n) is 14.2. The molecular weight excluding hydrogens is 304 g/mol. The third kappa shape index (κ3) is 5.12. The lowest BCUT2D eigenvalue weighted by molar-refractivity contribution is -0.127. The second kappa shape index (κ2) is 8.72. The standard InChI is InChI=1S/C19H22N2O3/c1-4-15-8-10-17(11-9-15)24-14(2)19(22)21-20-13-16-6-5-7-18(12-16)23-3/h5-14H,4H2,1-3H3,(H,21,22). The Bertz CT molecular complexity index is 696. The second-order valence-corrected chi connectivity index (χ2v) is 5.27. The van der Waals surface area contributed by atoms with Crippen LogP contribution in [0.5, 0.6) is 11.5 Å². The highest BCUT2D eigenvalue weighted by atomic mass is 16.5. The van der Waals surface area contributed by atoms with Crippen LogP contribution in [-0.2, 0) is 11.2 Å². The zero-order chi connectivity index (χ0) is 17.4. The van der Waals surface area contributed by atoms with E-state index in [2.05, 4.69) is 17.5 Å². The highest BCUT2D eigenvalue weighted by Crippen LogP contribution is 2.14. The average Bonchev–Trinajstić information content (AvgIpc) is 2.62. The predicted octanol–water partition coefficient (Wildman–Crippen LogP) is 3.18. The molecule has 0 radical (unpaired) electrons. The number of carbonyl (C=O) groups is 1. The summed E-state index contributed by atoms with van der Waals surface area (Å²) in [6.45, 7) is 3.77. The van der Waals surface area contributed by atoms with Gasteiger partial charge in [0.1, 0.15) is 11.5 Å². The number of methoxy groups -OCH3 is 1. The van der Waals surface area contributed by atoms with Crippen molar-refractivity contribution in [1.29, 1.82) is 0 Å². The van der Waals surface area contributed by atoms with Crippen molar-refractivity contribution < 1.29 is 14.3 Å². The van der Waals surface area contributed by atoms with Gasteiger partial charge in [-0.1, -0.05) is 31.2 Å². The summed E-state index contributed by atoms with van der Waals surface area (Å²) in [6.07, 6.45) is 1.89. The largest absolute Gasteiger partial charge is 0.497 e. The molecule has 2 rings (SSSR count). The van der Waals surface area contributed by atoms with Crippen molar-refractivity contribution in [2.24, 2.45) is 5.10 Å². The first-order chi connectivity index (χ1) is 11.6. The molecule has 0 spiro atoms. The van der Waals surface area contributed by atoms with Crippen molar-refractivity contribution in [3.05, 3.63) is 59.7 Å². The van der Waals surface area contributed by atoms with E-state index in [4.69, 9.17) is 9.47 Å². The number of nitrogens with one attached hydrogen (secondary N) is 1. The van der Waals surface area contributed by atoms with Gasteiger partial charge in [-0.3, -0.25) is 4.79 Å². The molecule has 1 unspecified atom stereocenters. The Morgan fingerprint density at radius 3 is 2.62 bits per heavy atom. The maximum Gasteiger partial charge on any atom is 0.280 e. The summed E-state index contributed by atoms with van der Waals surface area (Å²) in [4.78, 5) is 12.0. The molecule has 0 bridgehead atoms. The summed E-state index contributed by atoms with van der Waals surface area (Å²) in [5.41, 5.74) is 4.53. The van der Waals surface area contributed by atoms with E-state index in [0.717, 1.165) is 17.7 Å². The summed E-state index contributed by atoms with van der Waals surface area (Å²) in [5, 5.41) is 3.95. The van der Waals surface area contributed by atoms with E-state index in [0.29, 0.717) is 5.75 Å². The first-order valence-corrected chi connectivity index (χ1v) is 7.85. The fourth-order valence-corrected chi connectivity index (χ4v) is 2.04. The van der Waals surface area contributed by atoms with Gasteiger partial charge in [-0.25, -0.2) is 5.43 Å². The first kappa shape index (κ1) is 17.5. The number of hydrogen-bond donors (Lipinski definition) is 1. The molecule has 5 heteroatoms. The normalized spacial score (nSPS) is 12.0. The van der Waals surface area contributed by atoms with Crippen molar-refractivity contribution in [1.82, 2.24) is 5.43 Å². The van der Waals surface area contributed by atoms with Gasteiger partial charge in [-0.15, -0.1) is 0 Å². The summed E-state index contributed by atoms with van der Waals surface area (Å²) in [6, 6.07) is 15.1. The van der Waals surface area contributed by atoms with Gasteiger partial charge in [0.2, 0.25) is 0 Å². The molecule has 0 aromatic heterocycles. The molecule has 1 atom stereocenters. The summed E-state index contributed by atoms with van der Waals surface area (Å²) in [5.74, 6) is 1.08. The fraction of sp³-hybridized carbons (Fsp3) is 0.263. The van der Waals surface area contributed by atoms with Crippen LogP contribution in [0.1, 0.15) is 25.0 Å². The molecule has 0 heterocycles. The maximum atomic E-state index is 12.0. The molecule has 126 valence electrons. The minimum atomic E-state index is -0.639. The van der Waals surface area contributed by atoms with Crippen LogP contribution in [0.25, 0.3) is 0 Å². The molecule has 0 saturated heterocycles. The molecule has 2 aromatic carbocycles. The Kier molecular flexibility index (Phi) is 6.37. The second-order valence-electron chi connectivity index (χ2n) is 5.27. The highest BCUT2D eigenvalue weighted by Gasteiger charge is 2.13. The van der Waals surface area contributed by atoms with E-state index in [9.17, 15) is 4.79 Å². The van der Waals surface area contributed by atoms with Gasteiger partial charge in [0.25, 0.3) is 5.91 Å². The van der Waals surface area contributed by atoms with E-state index in [-0.39, 0.29) is 5.91 Å². The van der Waals surface area contributed by atoms with Gasteiger partial charge >= 0.3 is 0 Å². The van der Waals surface area contributed by atoms with Crippen molar-refractivity contribution in [3.8, 4) is 11.5 Å². The number of carbonyl (C=O) groups excluding carboxylic acids is 1. The number of rotatable bonds is 7. The number of ether oxygens (including phenoxy) is 2. The van der Waals surface area contributed by atoms with Gasteiger partial charge in [-0.2, -0.15) is 5.10 Å². The average molecular weight is 326 g/mol. The van der Waals surface area contributed by atoms with Gasteiger partial charge < -0.3 is 9.47 Å². The molecular formula is C19H22N2O3. The van der Waals surface area contributed by atoms with E-state index in [1.165, 1.54) is 5.56 Å². The Labute approximate surface area is 142 Å². The van der Waals surface area contributed by atoms with Crippen molar-refractivity contribution in [3.63, 3.8) is 0 Å². The monoisotopic (exact) mass is 326 g/mol. The lowest BCUT2D eigenvalue weighted by Gasteiger charge is -2.13. The van der Waals surface area contributed by atoms with Gasteiger partial charge in [0.15, 0.2) is 6.10 Å². The summed E-state index contributed by atoms with van der Waals surface area (Å²) >= 11 is 0. The number of hydrogen-bond acceptors (Lipinski definition) is 4.